The van der Waals surface area contributed by atoms with Gasteiger partial charge in [-0.2, -0.15) is 0 Å². The van der Waals surface area contributed by atoms with Crippen LogP contribution in [0.1, 0.15) is 11.1 Å². The third-order valence-electron chi connectivity index (χ3n) is 2.30. The highest BCUT2D eigenvalue weighted by Gasteiger charge is 2.01. The molecule has 0 aliphatic carbocycles. The second-order valence-electron chi connectivity index (χ2n) is 3.29. The molecule has 0 aromatic heterocycles. The molecule has 70 valence electrons. The lowest BCUT2D eigenvalue weighted by Crippen LogP contribution is -1.88. The van der Waals surface area contributed by atoms with Crippen molar-refractivity contribution in [2.45, 2.75) is 0 Å². The Morgan fingerprint density at radius 3 is 2.47 bits per heavy atom. The van der Waals surface area contributed by atoms with Crippen molar-refractivity contribution in [3.8, 4) is 24.7 Å². The highest BCUT2D eigenvalue weighted by Crippen LogP contribution is 2.22. The van der Waals surface area contributed by atoms with Crippen molar-refractivity contribution in [1.29, 1.82) is 0 Å². The molecular weight excluding hydrogens is 182 g/mol. The number of nitrogen functional groups attached to an aromatic ring is 1. The van der Waals surface area contributed by atoms with Crippen molar-refractivity contribution in [1.82, 2.24) is 0 Å². The molecule has 0 heterocycles. The first-order valence-electron chi connectivity index (χ1n) is 4.51. The average Bonchev–Trinajstić information content (AvgIpc) is 2.26. The van der Waals surface area contributed by atoms with Crippen LogP contribution in [0, 0.1) is 24.7 Å². The highest BCUT2D eigenvalue weighted by molar-refractivity contribution is 5.91. The van der Waals surface area contributed by atoms with Gasteiger partial charge in [-0.25, -0.2) is 0 Å². The van der Waals surface area contributed by atoms with E-state index in [1.807, 2.05) is 24.3 Å². The highest BCUT2D eigenvalue weighted by atomic mass is 14.5. The van der Waals surface area contributed by atoms with Crippen LogP contribution in [0.15, 0.2) is 30.3 Å². The lowest BCUT2D eigenvalue weighted by atomic mass is 10.0. The maximum atomic E-state index is 5.74. The molecule has 0 unspecified atom stereocenters. The Kier molecular flexibility index (Phi) is 2.08. The molecule has 0 atom stereocenters. The summed E-state index contributed by atoms with van der Waals surface area (Å²) < 4.78 is 0. The number of rotatable bonds is 0. The number of anilines is 1. The SMILES string of the molecule is C#Cc1ccc2c(C#C)cc(N)cc2c1. The van der Waals surface area contributed by atoms with Gasteiger partial charge in [-0.1, -0.05) is 17.9 Å². The summed E-state index contributed by atoms with van der Waals surface area (Å²) in [6, 6.07) is 9.37. The molecular formula is C14H9N. The molecule has 0 saturated heterocycles. The number of hydrogen-bond acceptors (Lipinski definition) is 1. The summed E-state index contributed by atoms with van der Waals surface area (Å²) in [5, 5.41) is 1.99. The minimum absolute atomic E-state index is 0.657. The van der Waals surface area contributed by atoms with E-state index in [-0.39, 0.29) is 0 Å². The van der Waals surface area contributed by atoms with Gasteiger partial charge in [0.2, 0.25) is 0 Å². The van der Waals surface area contributed by atoms with Crippen LogP contribution in [-0.2, 0) is 0 Å². The van der Waals surface area contributed by atoms with Crippen molar-refractivity contribution in [2.75, 3.05) is 5.73 Å². The molecule has 15 heavy (non-hydrogen) atoms. The number of nitrogens with two attached hydrogens (primary N) is 1. The van der Waals surface area contributed by atoms with Gasteiger partial charge in [0.1, 0.15) is 0 Å². The molecule has 2 aromatic carbocycles. The van der Waals surface area contributed by atoms with Crippen LogP contribution >= 0.6 is 0 Å². The van der Waals surface area contributed by atoms with E-state index in [2.05, 4.69) is 11.8 Å². The fourth-order valence-electron chi connectivity index (χ4n) is 1.60. The van der Waals surface area contributed by atoms with Crippen LogP contribution in [0.25, 0.3) is 10.8 Å². The maximum absolute atomic E-state index is 5.74. The molecule has 0 spiro atoms. The van der Waals surface area contributed by atoms with Crippen molar-refractivity contribution in [3.05, 3.63) is 41.5 Å². The van der Waals surface area contributed by atoms with Gasteiger partial charge < -0.3 is 5.73 Å². The molecule has 1 nitrogen and oxygen atoms in total. The molecule has 0 aliphatic rings. The van der Waals surface area contributed by atoms with Crippen molar-refractivity contribution in [3.63, 3.8) is 0 Å². The average molecular weight is 191 g/mol. The number of fused-ring (bicyclic) bond motifs is 1. The summed E-state index contributed by atoms with van der Waals surface area (Å²) in [5.74, 6) is 5.20. The molecule has 2 N–H and O–H groups in total. The summed E-state index contributed by atoms with van der Waals surface area (Å²) in [7, 11) is 0. The molecule has 0 bridgehead atoms. The third-order valence-corrected chi connectivity index (χ3v) is 2.30. The Bertz CT molecular complexity index is 609. The van der Waals surface area contributed by atoms with Crippen molar-refractivity contribution in [2.24, 2.45) is 0 Å². The molecule has 0 fully saturated rings. The van der Waals surface area contributed by atoms with Crippen LogP contribution < -0.4 is 5.73 Å². The van der Waals surface area contributed by atoms with Crippen molar-refractivity contribution < 1.29 is 0 Å². The van der Waals surface area contributed by atoms with Gasteiger partial charge in [0.25, 0.3) is 0 Å². The Labute approximate surface area is 88.9 Å². The smallest absolute Gasteiger partial charge is 0.0341 e. The number of terminal acetylenes is 2. The summed E-state index contributed by atoms with van der Waals surface area (Å²) in [5.41, 5.74) is 8.03. The van der Waals surface area contributed by atoms with Gasteiger partial charge in [-0.15, -0.1) is 12.8 Å². The van der Waals surface area contributed by atoms with Crippen LogP contribution in [-0.4, -0.2) is 0 Å². The topological polar surface area (TPSA) is 26.0 Å². The predicted molar refractivity (Wildman–Crippen MR) is 64.2 cm³/mol. The monoisotopic (exact) mass is 191 g/mol. The molecule has 2 rings (SSSR count). The Morgan fingerprint density at radius 1 is 1.00 bits per heavy atom. The zero-order valence-electron chi connectivity index (χ0n) is 8.12. The van der Waals surface area contributed by atoms with Gasteiger partial charge >= 0.3 is 0 Å². The minimum atomic E-state index is 0.657. The van der Waals surface area contributed by atoms with E-state index in [1.54, 1.807) is 6.07 Å². The molecule has 0 saturated carbocycles. The molecule has 2 aromatic rings. The summed E-state index contributed by atoms with van der Waals surface area (Å²) in [4.78, 5) is 0. The fourth-order valence-corrected chi connectivity index (χ4v) is 1.60. The number of benzene rings is 2. The van der Waals surface area contributed by atoms with Gasteiger partial charge in [0.15, 0.2) is 0 Å². The maximum Gasteiger partial charge on any atom is 0.0341 e. The van der Waals surface area contributed by atoms with E-state index in [1.165, 1.54) is 0 Å². The second-order valence-corrected chi connectivity index (χ2v) is 3.29. The Morgan fingerprint density at radius 2 is 1.80 bits per heavy atom. The molecule has 1 heteroatoms. The van der Waals surface area contributed by atoms with Gasteiger partial charge in [0.05, 0.1) is 0 Å². The first-order chi connectivity index (χ1) is 7.24. The molecule has 0 radical (unpaired) electrons. The van der Waals surface area contributed by atoms with E-state index in [0.29, 0.717) is 5.69 Å². The first kappa shape index (κ1) is 9.19. The van der Waals surface area contributed by atoms with E-state index < -0.39 is 0 Å². The van der Waals surface area contributed by atoms with E-state index in [0.717, 1.165) is 21.9 Å². The fraction of sp³-hybridized carbons (Fsp3) is 0. The first-order valence-corrected chi connectivity index (χ1v) is 4.51. The van der Waals surface area contributed by atoms with Gasteiger partial charge in [0, 0.05) is 16.8 Å². The number of hydrogen-bond donors (Lipinski definition) is 1. The van der Waals surface area contributed by atoms with Crippen LogP contribution in [0.4, 0.5) is 5.69 Å². The van der Waals surface area contributed by atoms with E-state index in [9.17, 15) is 0 Å². The minimum Gasteiger partial charge on any atom is -0.399 e. The molecule has 0 aliphatic heterocycles. The molecule has 0 amide bonds. The lowest BCUT2D eigenvalue weighted by Gasteiger charge is -2.03. The lowest BCUT2D eigenvalue weighted by molar-refractivity contribution is 1.66. The van der Waals surface area contributed by atoms with Crippen LogP contribution in [0.3, 0.4) is 0 Å². The summed E-state index contributed by atoms with van der Waals surface area (Å²) in [6.07, 6.45) is 10.7. The second kappa shape index (κ2) is 3.40. The Balaban J connectivity index is 2.87. The standard InChI is InChI=1S/C14H9N/c1-3-10-5-6-14-11(4-2)8-13(15)9-12(14)7-10/h1-2,5-9H,15H2. The summed E-state index contributed by atoms with van der Waals surface area (Å²) in [6.45, 7) is 0. The van der Waals surface area contributed by atoms with Crippen LogP contribution in [0.2, 0.25) is 0 Å². The van der Waals surface area contributed by atoms with E-state index in [4.69, 9.17) is 18.6 Å². The Hall–Kier alpha value is -2.38. The van der Waals surface area contributed by atoms with E-state index >= 15 is 0 Å². The largest absolute Gasteiger partial charge is 0.399 e. The zero-order chi connectivity index (χ0) is 10.8. The zero-order valence-corrected chi connectivity index (χ0v) is 8.12. The quantitative estimate of drug-likeness (QED) is 0.502. The summed E-state index contributed by atoms with van der Waals surface area (Å²) >= 11 is 0. The van der Waals surface area contributed by atoms with Crippen LogP contribution in [0.5, 0.6) is 0 Å². The third kappa shape index (κ3) is 1.52. The van der Waals surface area contributed by atoms with Gasteiger partial charge in [-0.3, -0.25) is 0 Å². The van der Waals surface area contributed by atoms with Gasteiger partial charge in [-0.05, 0) is 35.0 Å². The predicted octanol–water partition coefficient (Wildman–Crippen LogP) is 2.38. The normalized spacial score (nSPS) is 9.47. The van der Waals surface area contributed by atoms with Crippen molar-refractivity contribution >= 4 is 16.5 Å².